The van der Waals surface area contributed by atoms with Crippen molar-refractivity contribution in [3.8, 4) is 0 Å². The number of piperidine rings is 1. The maximum Gasteiger partial charge on any atom is 0.225 e. The summed E-state index contributed by atoms with van der Waals surface area (Å²) >= 11 is 7.71. The molecule has 2 aliphatic heterocycles. The highest BCUT2D eigenvalue weighted by atomic mass is 35.5. The van der Waals surface area contributed by atoms with E-state index in [9.17, 15) is 4.79 Å². The highest BCUT2D eigenvalue weighted by Gasteiger charge is 2.29. The molecule has 0 saturated carbocycles. The third-order valence-corrected chi connectivity index (χ3v) is 7.28. The zero-order chi connectivity index (χ0) is 20.9. The van der Waals surface area contributed by atoms with Gasteiger partial charge in [0.05, 0.1) is 10.7 Å². The lowest BCUT2D eigenvalue weighted by molar-refractivity contribution is -0.137. The summed E-state index contributed by atoms with van der Waals surface area (Å²) in [5, 5.41) is 4.06. The molecule has 5 nitrogen and oxygen atoms in total. The van der Waals surface area contributed by atoms with Crippen LogP contribution in [0.25, 0.3) is 0 Å². The van der Waals surface area contributed by atoms with Crippen molar-refractivity contribution in [3.05, 3.63) is 50.9 Å². The molecule has 1 aromatic carbocycles. The predicted octanol–water partition coefficient (Wildman–Crippen LogP) is 4.05. The van der Waals surface area contributed by atoms with Gasteiger partial charge in [0.2, 0.25) is 5.91 Å². The lowest BCUT2D eigenvalue weighted by atomic mass is 9.95. The van der Waals surface area contributed by atoms with Gasteiger partial charge in [0.15, 0.2) is 0 Å². The lowest BCUT2D eigenvalue weighted by Gasteiger charge is -2.33. The normalized spacial score (nSPS) is 19.7. The zero-order valence-electron chi connectivity index (χ0n) is 17.7. The molecule has 30 heavy (non-hydrogen) atoms. The number of aryl methyl sites for hydroxylation is 1. The Bertz CT molecular complexity index is 832. The fourth-order valence-electron chi connectivity index (χ4n) is 4.50. The van der Waals surface area contributed by atoms with Gasteiger partial charge in [0.1, 0.15) is 0 Å². The van der Waals surface area contributed by atoms with Crippen molar-refractivity contribution in [2.24, 2.45) is 5.92 Å². The highest BCUT2D eigenvalue weighted by Crippen LogP contribution is 2.23. The number of benzene rings is 1. The summed E-state index contributed by atoms with van der Waals surface area (Å²) in [5.41, 5.74) is 2.44. The number of nitrogens with zero attached hydrogens (tertiary/aromatic N) is 4. The second-order valence-electron chi connectivity index (χ2n) is 8.49. The van der Waals surface area contributed by atoms with Crippen LogP contribution in [0, 0.1) is 12.8 Å². The van der Waals surface area contributed by atoms with Crippen LogP contribution in [0.3, 0.4) is 0 Å². The second kappa shape index (κ2) is 10.2. The second-order valence-corrected chi connectivity index (χ2v) is 9.99. The van der Waals surface area contributed by atoms with E-state index < -0.39 is 0 Å². The van der Waals surface area contributed by atoms with Gasteiger partial charge in [-0.2, -0.15) is 0 Å². The summed E-state index contributed by atoms with van der Waals surface area (Å²) in [6, 6.07) is 8.09. The van der Waals surface area contributed by atoms with Gasteiger partial charge >= 0.3 is 0 Å². The SMILES string of the molecule is Cc1nc(CN2CCC(C(=O)N3CCCN(Cc4ccc(Cl)cc4)CC3)CC2)cs1. The highest BCUT2D eigenvalue weighted by molar-refractivity contribution is 7.09. The van der Waals surface area contributed by atoms with Gasteiger partial charge in [-0.05, 0) is 57.0 Å². The minimum atomic E-state index is 0.182. The largest absolute Gasteiger partial charge is 0.341 e. The number of halogens is 1. The van der Waals surface area contributed by atoms with E-state index >= 15 is 0 Å². The molecule has 2 fully saturated rings. The summed E-state index contributed by atoms with van der Waals surface area (Å²) in [6.07, 6.45) is 2.97. The van der Waals surface area contributed by atoms with Gasteiger partial charge < -0.3 is 4.90 Å². The Labute approximate surface area is 188 Å². The summed E-state index contributed by atoms with van der Waals surface area (Å²) < 4.78 is 0. The molecule has 2 saturated heterocycles. The van der Waals surface area contributed by atoms with Crippen LogP contribution < -0.4 is 0 Å². The fraction of sp³-hybridized carbons (Fsp3) is 0.565. The molecule has 0 atom stereocenters. The van der Waals surface area contributed by atoms with Crippen molar-refractivity contribution >= 4 is 28.8 Å². The van der Waals surface area contributed by atoms with E-state index in [1.807, 2.05) is 12.1 Å². The van der Waals surface area contributed by atoms with Crippen molar-refractivity contribution in [1.29, 1.82) is 0 Å². The summed E-state index contributed by atoms with van der Waals surface area (Å²) in [6.45, 7) is 9.57. The minimum Gasteiger partial charge on any atom is -0.341 e. The fourth-order valence-corrected chi connectivity index (χ4v) is 5.23. The summed E-state index contributed by atoms with van der Waals surface area (Å²) in [7, 11) is 0. The molecule has 0 spiro atoms. The minimum absolute atomic E-state index is 0.182. The van der Waals surface area contributed by atoms with E-state index in [0.717, 1.165) is 87.3 Å². The van der Waals surface area contributed by atoms with E-state index in [2.05, 4.69) is 44.1 Å². The molecule has 162 valence electrons. The Morgan fingerprint density at radius 3 is 2.47 bits per heavy atom. The number of aromatic nitrogens is 1. The third kappa shape index (κ3) is 5.82. The van der Waals surface area contributed by atoms with Crippen LogP contribution in [-0.4, -0.2) is 64.9 Å². The number of carbonyl (C=O) groups excluding carboxylic acids is 1. The number of hydrogen-bond donors (Lipinski definition) is 0. The molecule has 0 aliphatic carbocycles. The van der Waals surface area contributed by atoms with Crippen LogP contribution in [0.5, 0.6) is 0 Å². The standard InChI is InChI=1S/C23H31ClN4OS/c1-18-25-22(17-30-18)16-27-11-7-20(8-12-27)23(29)28-10-2-9-26(13-14-28)15-19-3-5-21(24)6-4-19/h3-6,17,20H,2,7-16H2,1H3. The van der Waals surface area contributed by atoms with Crippen LogP contribution in [0.15, 0.2) is 29.6 Å². The van der Waals surface area contributed by atoms with Gasteiger partial charge in [0.25, 0.3) is 0 Å². The molecule has 1 amide bonds. The van der Waals surface area contributed by atoms with Crippen LogP contribution in [0.2, 0.25) is 5.02 Å². The molecule has 0 bridgehead atoms. The van der Waals surface area contributed by atoms with Gasteiger partial charge in [-0.3, -0.25) is 14.6 Å². The zero-order valence-corrected chi connectivity index (χ0v) is 19.3. The Morgan fingerprint density at radius 2 is 1.77 bits per heavy atom. The van der Waals surface area contributed by atoms with Gasteiger partial charge in [-0.1, -0.05) is 23.7 Å². The van der Waals surface area contributed by atoms with E-state index in [-0.39, 0.29) is 5.92 Å². The first-order valence-electron chi connectivity index (χ1n) is 11.0. The van der Waals surface area contributed by atoms with E-state index in [1.165, 1.54) is 5.56 Å². The molecule has 1 aromatic heterocycles. The van der Waals surface area contributed by atoms with Crippen LogP contribution >= 0.6 is 22.9 Å². The van der Waals surface area contributed by atoms with Gasteiger partial charge in [-0.25, -0.2) is 4.98 Å². The number of rotatable bonds is 5. The molecule has 7 heteroatoms. The predicted molar refractivity (Wildman–Crippen MR) is 123 cm³/mol. The maximum atomic E-state index is 13.1. The molecule has 0 unspecified atom stereocenters. The Balaban J connectivity index is 1.23. The Kier molecular flexibility index (Phi) is 7.41. The summed E-state index contributed by atoms with van der Waals surface area (Å²) in [5.74, 6) is 0.550. The maximum absolute atomic E-state index is 13.1. The smallest absolute Gasteiger partial charge is 0.225 e. The Hall–Kier alpha value is -1.47. The average molecular weight is 447 g/mol. The van der Waals surface area contributed by atoms with Crippen molar-refractivity contribution in [2.45, 2.75) is 39.3 Å². The topological polar surface area (TPSA) is 39.7 Å². The van der Waals surface area contributed by atoms with Crippen LogP contribution in [0.4, 0.5) is 0 Å². The molecule has 0 radical (unpaired) electrons. The van der Waals surface area contributed by atoms with Crippen LogP contribution in [0.1, 0.15) is 35.5 Å². The van der Waals surface area contributed by atoms with Crippen molar-refractivity contribution < 1.29 is 4.79 Å². The average Bonchev–Trinajstić information content (AvgIpc) is 3.02. The van der Waals surface area contributed by atoms with Gasteiger partial charge in [0, 0.05) is 55.6 Å². The van der Waals surface area contributed by atoms with Crippen molar-refractivity contribution in [2.75, 3.05) is 39.3 Å². The van der Waals surface area contributed by atoms with Crippen molar-refractivity contribution in [3.63, 3.8) is 0 Å². The first-order valence-corrected chi connectivity index (χ1v) is 12.2. The molecule has 0 N–H and O–H groups in total. The molecular formula is C23H31ClN4OS. The van der Waals surface area contributed by atoms with E-state index in [1.54, 1.807) is 11.3 Å². The number of carbonyl (C=O) groups is 1. The van der Waals surface area contributed by atoms with Crippen molar-refractivity contribution in [1.82, 2.24) is 19.7 Å². The molecular weight excluding hydrogens is 416 g/mol. The molecule has 2 aromatic rings. The third-order valence-electron chi connectivity index (χ3n) is 6.21. The number of likely N-dealkylation sites (tertiary alicyclic amines) is 1. The van der Waals surface area contributed by atoms with E-state index in [0.29, 0.717) is 5.91 Å². The number of amides is 1. The van der Waals surface area contributed by atoms with Gasteiger partial charge in [-0.15, -0.1) is 11.3 Å². The van der Waals surface area contributed by atoms with Crippen LogP contribution in [-0.2, 0) is 17.9 Å². The Morgan fingerprint density at radius 1 is 1.03 bits per heavy atom. The first kappa shape index (κ1) is 21.8. The summed E-state index contributed by atoms with van der Waals surface area (Å²) in [4.78, 5) is 24.7. The molecule has 2 aliphatic rings. The quantitative estimate of drug-likeness (QED) is 0.694. The molecule has 4 rings (SSSR count). The lowest BCUT2D eigenvalue weighted by Crippen LogP contribution is -2.43. The monoisotopic (exact) mass is 446 g/mol. The van der Waals surface area contributed by atoms with E-state index in [4.69, 9.17) is 11.6 Å². The first-order chi connectivity index (χ1) is 14.6. The number of hydrogen-bond acceptors (Lipinski definition) is 5. The molecule has 3 heterocycles. The number of thiazole rings is 1.